The molecule has 19 heavy (non-hydrogen) atoms. The highest BCUT2D eigenvalue weighted by molar-refractivity contribution is 9.10. The predicted octanol–water partition coefficient (Wildman–Crippen LogP) is 4.54. The molecule has 0 unspecified atom stereocenters. The molecule has 0 aliphatic rings. The summed E-state index contributed by atoms with van der Waals surface area (Å²) < 4.78 is 7.52. The van der Waals surface area contributed by atoms with Crippen molar-refractivity contribution in [2.75, 3.05) is 0 Å². The molecule has 2 rings (SSSR count). The quantitative estimate of drug-likeness (QED) is 0.704. The van der Waals surface area contributed by atoms with Gasteiger partial charge in [-0.3, -0.25) is 0 Å². The number of aryl methyl sites for hydroxylation is 1. The Balaban J connectivity index is 2.58. The molecule has 6 heteroatoms. The van der Waals surface area contributed by atoms with E-state index in [2.05, 4.69) is 20.9 Å². The molecule has 0 aliphatic carbocycles. The third kappa shape index (κ3) is 2.77. The fraction of sp³-hybridized carbons (Fsp3) is 0.385. The molecule has 0 aliphatic heterocycles. The van der Waals surface area contributed by atoms with Crippen molar-refractivity contribution in [3.05, 3.63) is 27.5 Å². The van der Waals surface area contributed by atoms with Crippen molar-refractivity contribution < 1.29 is 9.53 Å². The van der Waals surface area contributed by atoms with E-state index in [9.17, 15) is 4.79 Å². The van der Waals surface area contributed by atoms with E-state index in [1.54, 1.807) is 6.20 Å². The molecular weight excluding hydrogens is 332 g/mol. The van der Waals surface area contributed by atoms with Crippen LogP contribution in [0.1, 0.15) is 26.3 Å². The molecule has 0 bridgehead atoms. The first-order chi connectivity index (χ1) is 8.70. The van der Waals surface area contributed by atoms with Crippen LogP contribution in [0.2, 0.25) is 5.02 Å². The number of aromatic nitrogens is 2. The smallest absolute Gasteiger partial charge is 0.420 e. The van der Waals surface area contributed by atoms with Crippen molar-refractivity contribution in [2.24, 2.45) is 0 Å². The van der Waals surface area contributed by atoms with E-state index in [0.29, 0.717) is 10.7 Å². The summed E-state index contributed by atoms with van der Waals surface area (Å²) in [6.45, 7) is 7.35. The molecule has 0 spiro atoms. The molecule has 2 aromatic heterocycles. The van der Waals surface area contributed by atoms with Crippen molar-refractivity contribution in [3.8, 4) is 0 Å². The van der Waals surface area contributed by atoms with E-state index in [1.807, 2.05) is 27.7 Å². The van der Waals surface area contributed by atoms with Gasteiger partial charge in [-0.1, -0.05) is 11.6 Å². The van der Waals surface area contributed by atoms with Gasteiger partial charge in [0.1, 0.15) is 5.60 Å². The predicted molar refractivity (Wildman–Crippen MR) is 78.8 cm³/mol. The SMILES string of the molecule is Cc1c(Br)cnc2c1c(Cl)cn2C(=O)OC(C)(C)C. The van der Waals surface area contributed by atoms with E-state index in [0.717, 1.165) is 15.4 Å². The minimum atomic E-state index is -0.565. The van der Waals surface area contributed by atoms with Crippen LogP contribution < -0.4 is 0 Å². The fourth-order valence-electron chi connectivity index (χ4n) is 1.72. The molecule has 102 valence electrons. The number of carbonyl (C=O) groups is 1. The molecule has 0 amide bonds. The summed E-state index contributed by atoms with van der Waals surface area (Å²) in [5, 5.41) is 1.23. The number of ether oxygens (including phenoxy) is 1. The van der Waals surface area contributed by atoms with Crippen LogP contribution in [0.5, 0.6) is 0 Å². The Kier molecular flexibility index (Phi) is 3.62. The topological polar surface area (TPSA) is 44.1 Å². The first-order valence-electron chi connectivity index (χ1n) is 5.75. The lowest BCUT2D eigenvalue weighted by atomic mass is 10.2. The second-order valence-electron chi connectivity index (χ2n) is 5.26. The molecule has 0 atom stereocenters. The number of fused-ring (bicyclic) bond motifs is 1. The van der Waals surface area contributed by atoms with E-state index in [-0.39, 0.29) is 0 Å². The molecule has 0 saturated heterocycles. The number of hydrogen-bond acceptors (Lipinski definition) is 3. The summed E-state index contributed by atoms with van der Waals surface area (Å²) in [4.78, 5) is 16.4. The van der Waals surface area contributed by atoms with Crippen molar-refractivity contribution in [1.82, 2.24) is 9.55 Å². The third-order valence-corrected chi connectivity index (χ3v) is 3.64. The second-order valence-corrected chi connectivity index (χ2v) is 6.52. The van der Waals surface area contributed by atoms with Crippen LogP contribution in [0, 0.1) is 6.92 Å². The normalized spacial score (nSPS) is 11.9. The largest absolute Gasteiger partial charge is 0.443 e. The lowest BCUT2D eigenvalue weighted by Crippen LogP contribution is -2.26. The standard InChI is InChI=1S/C13H14BrClN2O2/c1-7-8(14)5-16-11-10(7)9(15)6-17(11)12(18)19-13(2,3)4/h5-6H,1-4H3. The summed E-state index contributed by atoms with van der Waals surface area (Å²) in [7, 11) is 0. The average Bonchev–Trinajstić information content (AvgIpc) is 2.59. The summed E-state index contributed by atoms with van der Waals surface area (Å²) in [6.07, 6.45) is 2.69. The van der Waals surface area contributed by atoms with Gasteiger partial charge in [-0.15, -0.1) is 0 Å². The van der Waals surface area contributed by atoms with Crippen LogP contribution in [0.3, 0.4) is 0 Å². The van der Waals surface area contributed by atoms with E-state index in [4.69, 9.17) is 16.3 Å². The fourth-order valence-corrected chi connectivity index (χ4v) is 2.35. The van der Waals surface area contributed by atoms with Crippen molar-refractivity contribution >= 4 is 44.7 Å². The van der Waals surface area contributed by atoms with Gasteiger partial charge >= 0.3 is 6.09 Å². The summed E-state index contributed by atoms with van der Waals surface area (Å²) >= 11 is 9.58. The van der Waals surface area contributed by atoms with Crippen LogP contribution >= 0.6 is 27.5 Å². The maximum atomic E-state index is 12.1. The van der Waals surface area contributed by atoms with Gasteiger partial charge in [0.2, 0.25) is 0 Å². The van der Waals surface area contributed by atoms with Gasteiger partial charge in [-0.05, 0) is 49.2 Å². The minimum absolute atomic E-state index is 0.479. The zero-order valence-corrected chi connectivity index (χ0v) is 13.5. The van der Waals surface area contributed by atoms with Crippen molar-refractivity contribution in [3.63, 3.8) is 0 Å². The molecule has 0 aromatic carbocycles. The van der Waals surface area contributed by atoms with Crippen molar-refractivity contribution in [1.29, 1.82) is 0 Å². The highest BCUT2D eigenvalue weighted by Crippen LogP contribution is 2.31. The van der Waals surface area contributed by atoms with Gasteiger partial charge in [0.15, 0.2) is 5.65 Å². The molecule has 0 saturated carbocycles. The molecule has 4 nitrogen and oxygen atoms in total. The Morgan fingerprint density at radius 2 is 2.11 bits per heavy atom. The number of pyridine rings is 1. The van der Waals surface area contributed by atoms with Crippen LogP contribution in [0.4, 0.5) is 4.79 Å². The van der Waals surface area contributed by atoms with Crippen molar-refractivity contribution in [2.45, 2.75) is 33.3 Å². The van der Waals surface area contributed by atoms with Gasteiger partial charge in [0.25, 0.3) is 0 Å². The first kappa shape index (κ1) is 14.3. The van der Waals surface area contributed by atoms with Crippen LogP contribution in [0.25, 0.3) is 11.0 Å². The van der Waals surface area contributed by atoms with Crippen LogP contribution in [-0.4, -0.2) is 21.2 Å². The number of rotatable bonds is 0. The molecule has 2 aromatic rings. The molecule has 0 N–H and O–H groups in total. The van der Waals surface area contributed by atoms with Crippen LogP contribution in [0.15, 0.2) is 16.9 Å². The van der Waals surface area contributed by atoms with Gasteiger partial charge in [-0.25, -0.2) is 14.3 Å². The minimum Gasteiger partial charge on any atom is -0.443 e. The lowest BCUT2D eigenvalue weighted by Gasteiger charge is -2.19. The molecule has 0 radical (unpaired) electrons. The van der Waals surface area contributed by atoms with E-state index < -0.39 is 11.7 Å². The zero-order chi connectivity index (χ0) is 14.4. The maximum absolute atomic E-state index is 12.1. The zero-order valence-electron chi connectivity index (χ0n) is 11.1. The van der Waals surface area contributed by atoms with Gasteiger partial charge in [-0.2, -0.15) is 0 Å². The highest BCUT2D eigenvalue weighted by atomic mass is 79.9. The number of hydrogen-bond donors (Lipinski definition) is 0. The maximum Gasteiger partial charge on any atom is 0.420 e. The third-order valence-electron chi connectivity index (χ3n) is 2.56. The molecular formula is C13H14BrClN2O2. The Labute approximate surface area is 124 Å². The molecule has 0 fully saturated rings. The molecule has 2 heterocycles. The highest BCUT2D eigenvalue weighted by Gasteiger charge is 2.22. The summed E-state index contributed by atoms with van der Waals surface area (Å²) in [5.74, 6) is 0. The van der Waals surface area contributed by atoms with Gasteiger partial charge in [0, 0.05) is 22.3 Å². The van der Waals surface area contributed by atoms with Crippen LogP contribution in [-0.2, 0) is 4.74 Å². The Morgan fingerprint density at radius 3 is 2.68 bits per heavy atom. The van der Waals surface area contributed by atoms with E-state index >= 15 is 0 Å². The number of carbonyl (C=O) groups excluding carboxylic acids is 1. The average molecular weight is 346 g/mol. The monoisotopic (exact) mass is 344 g/mol. The second kappa shape index (κ2) is 4.80. The lowest BCUT2D eigenvalue weighted by molar-refractivity contribution is 0.0543. The summed E-state index contributed by atoms with van der Waals surface area (Å²) in [6, 6.07) is 0. The van der Waals surface area contributed by atoms with E-state index in [1.165, 1.54) is 10.8 Å². The Hall–Kier alpha value is -1.07. The first-order valence-corrected chi connectivity index (χ1v) is 6.93. The number of halogens is 2. The Bertz CT molecular complexity index is 659. The summed E-state index contributed by atoms with van der Waals surface area (Å²) in [5.41, 5.74) is 0.877. The van der Waals surface area contributed by atoms with Gasteiger partial charge < -0.3 is 4.74 Å². The van der Waals surface area contributed by atoms with Gasteiger partial charge in [0.05, 0.1) is 5.02 Å². The number of nitrogens with zero attached hydrogens (tertiary/aromatic N) is 2. The Morgan fingerprint density at radius 1 is 1.47 bits per heavy atom.